The van der Waals surface area contributed by atoms with E-state index < -0.39 is 12.1 Å². The molecule has 0 aromatic carbocycles. The van der Waals surface area contributed by atoms with E-state index >= 15 is 0 Å². The molecule has 8 heteroatoms. The number of nitrogens with one attached hydrogen (secondary N) is 2. The van der Waals surface area contributed by atoms with Crippen molar-refractivity contribution in [1.29, 1.82) is 0 Å². The second-order valence-electron chi connectivity index (χ2n) is 6.14. The third-order valence-electron chi connectivity index (χ3n) is 4.05. The van der Waals surface area contributed by atoms with E-state index in [1.165, 1.54) is 4.88 Å². The number of carbonyl (C=O) groups is 3. The quantitative estimate of drug-likeness (QED) is 0.839. The number of urea groups is 1. The Labute approximate surface area is 155 Å². The molecule has 4 amide bonds. The predicted molar refractivity (Wildman–Crippen MR) is 97.2 cm³/mol. The topological polar surface area (TPSA) is 91.4 Å². The molecule has 0 aliphatic carbocycles. The average Bonchev–Trinajstić information content (AvgIpc) is 2.94. The Morgan fingerprint density at radius 1 is 1.27 bits per heavy atom. The van der Waals surface area contributed by atoms with Crippen molar-refractivity contribution in [2.45, 2.75) is 38.9 Å². The molecule has 3 rings (SSSR count). The minimum Gasteiger partial charge on any atom is -0.330 e. The molecule has 0 spiro atoms. The molecular formula is C18H20N4O3S. The lowest BCUT2D eigenvalue weighted by molar-refractivity contribution is -0.134. The zero-order valence-electron chi connectivity index (χ0n) is 14.4. The van der Waals surface area contributed by atoms with Gasteiger partial charge in [0, 0.05) is 22.4 Å². The molecule has 1 saturated heterocycles. The fraction of sp³-hybridized carbons (Fsp3) is 0.333. The number of thiophene rings is 1. The Balaban J connectivity index is 1.79. The van der Waals surface area contributed by atoms with E-state index in [0.717, 1.165) is 10.6 Å². The number of aryl methyl sites for hydroxylation is 1. The molecule has 1 aliphatic heterocycles. The van der Waals surface area contributed by atoms with Crippen LogP contribution in [0.4, 0.5) is 4.79 Å². The maximum absolute atomic E-state index is 13.1. The summed E-state index contributed by atoms with van der Waals surface area (Å²) >= 11 is 1.63. The fourth-order valence-corrected chi connectivity index (χ4v) is 3.70. The van der Waals surface area contributed by atoms with Crippen molar-refractivity contribution in [3.63, 3.8) is 0 Å². The van der Waals surface area contributed by atoms with Gasteiger partial charge in [0.15, 0.2) is 0 Å². The highest BCUT2D eigenvalue weighted by molar-refractivity contribution is 7.11. The normalized spacial score (nSPS) is 17.2. The lowest BCUT2D eigenvalue weighted by Crippen LogP contribution is -2.49. The second kappa shape index (κ2) is 8.09. The molecule has 0 saturated carbocycles. The van der Waals surface area contributed by atoms with Crippen LogP contribution in [0.25, 0.3) is 0 Å². The highest BCUT2D eigenvalue weighted by Crippen LogP contribution is 2.19. The first-order valence-corrected chi connectivity index (χ1v) is 9.17. The summed E-state index contributed by atoms with van der Waals surface area (Å²) in [5.41, 5.74) is 0.767. The van der Waals surface area contributed by atoms with Crippen LogP contribution in [0.5, 0.6) is 0 Å². The van der Waals surface area contributed by atoms with Gasteiger partial charge in [0.25, 0.3) is 0 Å². The summed E-state index contributed by atoms with van der Waals surface area (Å²) in [7, 11) is 0. The summed E-state index contributed by atoms with van der Waals surface area (Å²) in [5, 5.41) is 4.79. The number of hydrogen-bond donors (Lipinski definition) is 2. The first kappa shape index (κ1) is 18.1. The van der Waals surface area contributed by atoms with Crippen LogP contribution >= 0.6 is 11.3 Å². The Morgan fingerprint density at radius 2 is 2.12 bits per heavy atom. The van der Waals surface area contributed by atoms with Crippen molar-refractivity contribution in [3.8, 4) is 0 Å². The molecule has 1 aliphatic rings. The van der Waals surface area contributed by atoms with Crippen molar-refractivity contribution >= 4 is 29.2 Å². The minimum atomic E-state index is -0.730. The summed E-state index contributed by atoms with van der Waals surface area (Å²) in [6.07, 6.45) is 2.09. The lowest BCUT2D eigenvalue weighted by Gasteiger charge is -2.26. The molecule has 7 nitrogen and oxygen atoms in total. The van der Waals surface area contributed by atoms with E-state index in [1.54, 1.807) is 22.4 Å². The van der Waals surface area contributed by atoms with Crippen LogP contribution in [0.2, 0.25) is 0 Å². The van der Waals surface area contributed by atoms with E-state index in [2.05, 4.69) is 15.6 Å². The van der Waals surface area contributed by atoms with E-state index in [9.17, 15) is 14.4 Å². The summed E-state index contributed by atoms with van der Waals surface area (Å²) < 4.78 is 0. The van der Waals surface area contributed by atoms with Crippen molar-refractivity contribution in [2.24, 2.45) is 0 Å². The molecule has 1 atom stereocenters. The van der Waals surface area contributed by atoms with E-state index in [1.807, 2.05) is 37.3 Å². The predicted octanol–water partition coefficient (Wildman–Crippen LogP) is 1.97. The first-order valence-electron chi connectivity index (χ1n) is 8.35. The number of nitrogens with zero attached hydrogens (tertiary/aromatic N) is 2. The van der Waals surface area contributed by atoms with Gasteiger partial charge < -0.3 is 10.2 Å². The van der Waals surface area contributed by atoms with Gasteiger partial charge >= 0.3 is 6.03 Å². The number of aromatic nitrogens is 1. The highest BCUT2D eigenvalue weighted by Gasteiger charge is 2.30. The number of hydrogen-bond acceptors (Lipinski definition) is 5. The first-order chi connectivity index (χ1) is 12.5. The standard InChI is InChI=1S/C18H20N4O3S/c1-12-5-6-14(26-12)11-22(10-13-4-2-3-9-19-13)17(24)15-7-8-16(23)21-18(25)20-15/h2-6,9,15H,7-8,10-11H2,1H3,(H2,20,21,23,25)/t15-/m1/s1. The van der Waals surface area contributed by atoms with Gasteiger partial charge in [-0.2, -0.15) is 0 Å². The van der Waals surface area contributed by atoms with Crippen molar-refractivity contribution in [3.05, 3.63) is 52.0 Å². The lowest BCUT2D eigenvalue weighted by atomic mass is 10.1. The summed E-state index contributed by atoms with van der Waals surface area (Å²) in [6, 6.07) is 8.20. The number of rotatable bonds is 5. The number of amides is 4. The van der Waals surface area contributed by atoms with Gasteiger partial charge in [-0.05, 0) is 37.6 Å². The molecule has 3 heterocycles. The zero-order chi connectivity index (χ0) is 18.5. The van der Waals surface area contributed by atoms with Crippen molar-refractivity contribution < 1.29 is 14.4 Å². The fourth-order valence-electron chi connectivity index (χ4n) is 2.79. The molecule has 136 valence electrons. The van der Waals surface area contributed by atoms with Gasteiger partial charge in [-0.1, -0.05) is 6.07 Å². The molecular weight excluding hydrogens is 352 g/mol. The van der Waals surface area contributed by atoms with Gasteiger partial charge in [-0.15, -0.1) is 11.3 Å². The van der Waals surface area contributed by atoms with Gasteiger partial charge in [0.1, 0.15) is 6.04 Å². The Hall–Kier alpha value is -2.74. The van der Waals surface area contributed by atoms with Crippen LogP contribution in [0, 0.1) is 6.92 Å². The molecule has 0 unspecified atom stereocenters. The molecule has 1 fully saturated rings. The van der Waals surface area contributed by atoms with Crippen LogP contribution in [-0.4, -0.2) is 33.8 Å². The van der Waals surface area contributed by atoms with Gasteiger partial charge in [-0.25, -0.2) is 4.79 Å². The smallest absolute Gasteiger partial charge is 0.322 e. The monoisotopic (exact) mass is 372 g/mol. The number of pyridine rings is 1. The maximum Gasteiger partial charge on any atom is 0.322 e. The van der Waals surface area contributed by atoms with Crippen LogP contribution < -0.4 is 10.6 Å². The summed E-state index contributed by atoms with van der Waals surface area (Å²) in [4.78, 5) is 44.5. The Kier molecular flexibility index (Phi) is 5.62. The van der Waals surface area contributed by atoms with E-state index in [4.69, 9.17) is 0 Å². The third-order valence-corrected chi connectivity index (χ3v) is 5.04. The maximum atomic E-state index is 13.1. The van der Waals surface area contributed by atoms with E-state index in [0.29, 0.717) is 13.1 Å². The number of imide groups is 1. The minimum absolute atomic E-state index is 0.130. The van der Waals surface area contributed by atoms with Crippen LogP contribution in [-0.2, 0) is 22.7 Å². The van der Waals surface area contributed by atoms with Crippen LogP contribution in [0.3, 0.4) is 0 Å². The van der Waals surface area contributed by atoms with Gasteiger partial charge in [0.2, 0.25) is 11.8 Å². The molecule has 26 heavy (non-hydrogen) atoms. The Morgan fingerprint density at radius 3 is 2.81 bits per heavy atom. The molecule has 2 aromatic rings. The molecule has 2 aromatic heterocycles. The largest absolute Gasteiger partial charge is 0.330 e. The third kappa shape index (κ3) is 4.66. The SMILES string of the molecule is Cc1ccc(CN(Cc2ccccn2)C(=O)[C@H]2CCC(=O)NC(=O)N2)s1. The average molecular weight is 372 g/mol. The van der Waals surface area contributed by atoms with Crippen molar-refractivity contribution in [2.75, 3.05) is 0 Å². The molecule has 2 N–H and O–H groups in total. The number of carbonyl (C=O) groups excluding carboxylic acids is 3. The second-order valence-corrected chi connectivity index (χ2v) is 7.51. The van der Waals surface area contributed by atoms with Gasteiger partial charge in [0.05, 0.1) is 18.8 Å². The molecule has 0 radical (unpaired) electrons. The van der Waals surface area contributed by atoms with Crippen LogP contribution in [0.15, 0.2) is 36.5 Å². The van der Waals surface area contributed by atoms with Crippen molar-refractivity contribution in [1.82, 2.24) is 20.5 Å². The summed E-state index contributed by atoms with van der Waals surface area (Å²) in [5.74, 6) is -0.588. The molecule has 0 bridgehead atoms. The summed E-state index contributed by atoms with van der Waals surface area (Å²) in [6.45, 7) is 2.79. The zero-order valence-corrected chi connectivity index (χ0v) is 15.2. The van der Waals surface area contributed by atoms with Gasteiger partial charge in [-0.3, -0.25) is 19.9 Å². The highest BCUT2D eigenvalue weighted by atomic mass is 32.1. The van der Waals surface area contributed by atoms with E-state index in [-0.39, 0.29) is 24.7 Å². The Bertz CT molecular complexity index is 806. The van der Waals surface area contributed by atoms with Crippen LogP contribution in [0.1, 0.15) is 28.3 Å².